The first-order chi connectivity index (χ1) is 6.41. The van der Waals surface area contributed by atoms with Gasteiger partial charge in [-0.1, -0.05) is 0 Å². The Kier molecular flexibility index (Phi) is 14.3. The normalized spacial score (nSPS) is 10.6. The number of rotatable bonds is 6. The minimum atomic E-state index is -4.67. The maximum atomic E-state index is 8.74. The van der Waals surface area contributed by atoms with Crippen molar-refractivity contribution in [2.24, 2.45) is 0 Å². The third-order valence-electron chi connectivity index (χ3n) is 1.41. The summed E-state index contributed by atoms with van der Waals surface area (Å²) in [7, 11) is -4.67. The van der Waals surface area contributed by atoms with Crippen LogP contribution >= 0.6 is 0 Å². The Morgan fingerprint density at radius 2 is 1.29 bits per heavy atom. The summed E-state index contributed by atoms with van der Waals surface area (Å²) in [6.07, 6.45) is 5.84. The van der Waals surface area contributed by atoms with E-state index in [2.05, 4.69) is 13.8 Å². The SMILES string of the molecule is CCC[CH2][Sn][CH2]CCC.O=S(=O)(O)O. The van der Waals surface area contributed by atoms with Crippen molar-refractivity contribution >= 4 is 31.5 Å². The van der Waals surface area contributed by atoms with Gasteiger partial charge in [-0.05, 0) is 0 Å². The molecule has 0 aromatic heterocycles. The molecule has 2 N–H and O–H groups in total. The van der Waals surface area contributed by atoms with Gasteiger partial charge in [-0.25, -0.2) is 0 Å². The Labute approximate surface area is 97.3 Å². The van der Waals surface area contributed by atoms with Crippen LogP contribution in [0.3, 0.4) is 0 Å². The monoisotopic (exact) mass is 332 g/mol. The molecule has 0 saturated carbocycles. The van der Waals surface area contributed by atoms with Crippen molar-refractivity contribution < 1.29 is 17.5 Å². The third-order valence-corrected chi connectivity index (χ3v) is 5.45. The Balaban J connectivity index is 0. The zero-order chi connectivity index (χ0) is 11.4. The fourth-order valence-corrected chi connectivity index (χ4v) is 4.89. The van der Waals surface area contributed by atoms with Gasteiger partial charge in [-0.15, -0.1) is 0 Å². The van der Waals surface area contributed by atoms with E-state index in [0.717, 1.165) is 0 Å². The second-order valence-corrected chi connectivity index (χ2v) is 8.08. The first-order valence-electron chi connectivity index (χ1n) is 4.82. The fraction of sp³-hybridized carbons (Fsp3) is 1.00. The molecule has 0 rings (SSSR count). The number of hydrogen-bond donors (Lipinski definition) is 2. The molecule has 0 aromatic carbocycles. The van der Waals surface area contributed by atoms with E-state index in [1.807, 2.05) is 0 Å². The van der Waals surface area contributed by atoms with Crippen molar-refractivity contribution in [1.82, 2.24) is 0 Å². The summed E-state index contributed by atoms with van der Waals surface area (Å²) in [6.45, 7) is 4.58. The van der Waals surface area contributed by atoms with Crippen molar-refractivity contribution in [2.75, 3.05) is 0 Å². The van der Waals surface area contributed by atoms with Gasteiger partial charge in [0.1, 0.15) is 0 Å². The molecule has 6 heteroatoms. The Hall–Kier alpha value is 0.669. The van der Waals surface area contributed by atoms with Gasteiger partial charge in [0, 0.05) is 0 Å². The van der Waals surface area contributed by atoms with Gasteiger partial charge in [0.05, 0.1) is 0 Å². The summed E-state index contributed by atoms with van der Waals surface area (Å²) >= 11 is 0.149. The van der Waals surface area contributed by atoms with Gasteiger partial charge in [0.25, 0.3) is 0 Å². The smallest absolute Gasteiger partial charge is 0.264 e. The van der Waals surface area contributed by atoms with Crippen LogP contribution in [-0.2, 0) is 10.4 Å². The largest absolute Gasteiger partial charge is 0.394 e. The summed E-state index contributed by atoms with van der Waals surface area (Å²) in [4.78, 5) is 0. The molecule has 86 valence electrons. The van der Waals surface area contributed by atoms with Crippen LogP contribution in [-0.4, -0.2) is 38.7 Å². The molecule has 0 saturated heterocycles. The van der Waals surface area contributed by atoms with E-state index in [9.17, 15) is 0 Å². The summed E-state index contributed by atoms with van der Waals surface area (Å²) in [5.41, 5.74) is 0. The predicted molar refractivity (Wildman–Crippen MR) is 59.4 cm³/mol. The quantitative estimate of drug-likeness (QED) is 0.445. The minimum absolute atomic E-state index is 0.149. The summed E-state index contributed by atoms with van der Waals surface area (Å²) < 4.78 is 34.8. The molecule has 0 amide bonds. The van der Waals surface area contributed by atoms with Crippen molar-refractivity contribution in [1.29, 1.82) is 0 Å². The molecule has 0 heterocycles. The van der Waals surface area contributed by atoms with Crippen LogP contribution in [0.1, 0.15) is 39.5 Å². The molecule has 0 atom stereocenters. The van der Waals surface area contributed by atoms with Crippen LogP contribution in [0, 0.1) is 0 Å². The minimum Gasteiger partial charge on any atom is -0.264 e. The zero-order valence-corrected chi connectivity index (χ0v) is 12.5. The first-order valence-corrected chi connectivity index (χ1v) is 10.3. The van der Waals surface area contributed by atoms with Crippen LogP contribution in [0.2, 0.25) is 8.87 Å². The Morgan fingerprint density at radius 3 is 1.50 bits per heavy atom. The van der Waals surface area contributed by atoms with Crippen molar-refractivity contribution in [3.05, 3.63) is 0 Å². The van der Waals surface area contributed by atoms with Gasteiger partial charge in [-0.2, -0.15) is 8.42 Å². The van der Waals surface area contributed by atoms with E-state index in [1.54, 1.807) is 8.87 Å². The van der Waals surface area contributed by atoms with E-state index in [-0.39, 0.29) is 21.1 Å². The van der Waals surface area contributed by atoms with Gasteiger partial charge >= 0.3 is 79.9 Å². The number of unbranched alkanes of at least 4 members (excludes halogenated alkanes) is 2. The van der Waals surface area contributed by atoms with Crippen LogP contribution < -0.4 is 0 Å². The van der Waals surface area contributed by atoms with Crippen LogP contribution in [0.4, 0.5) is 0 Å². The van der Waals surface area contributed by atoms with E-state index >= 15 is 0 Å². The molecular weight excluding hydrogens is 311 g/mol. The van der Waals surface area contributed by atoms with Crippen LogP contribution in [0.5, 0.6) is 0 Å². The van der Waals surface area contributed by atoms with E-state index in [0.29, 0.717) is 0 Å². The standard InChI is InChI=1S/2C4H9.H2O4S.Sn/c2*1-3-4-2;1-5(2,3)4;/h2*1,3-4H2,2H3;(H2,1,2,3,4);. The summed E-state index contributed by atoms with van der Waals surface area (Å²) in [5.74, 6) is 0. The zero-order valence-electron chi connectivity index (χ0n) is 8.86. The molecule has 0 aliphatic carbocycles. The molecule has 0 aliphatic rings. The van der Waals surface area contributed by atoms with E-state index < -0.39 is 10.4 Å². The maximum Gasteiger partial charge on any atom is 0.394 e. The molecule has 0 spiro atoms. The van der Waals surface area contributed by atoms with Gasteiger partial charge in [0.15, 0.2) is 0 Å². The van der Waals surface area contributed by atoms with Crippen LogP contribution in [0.25, 0.3) is 0 Å². The number of hydrogen-bond acceptors (Lipinski definition) is 2. The molecule has 0 bridgehead atoms. The van der Waals surface area contributed by atoms with E-state index in [1.165, 1.54) is 25.7 Å². The van der Waals surface area contributed by atoms with E-state index in [4.69, 9.17) is 17.5 Å². The molecule has 0 unspecified atom stereocenters. The Bertz CT molecular complexity index is 178. The summed E-state index contributed by atoms with van der Waals surface area (Å²) in [5, 5.41) is 0. The molecule has 2 radical (unpaired) electrons. The second kappa shape index (κ2) is 11.7. The topological polar surface area (TPSA) is 74.6 Å². The van der Waals surface area contributed by atoms with Crippen molar-refractivity contribution in [3.63, 3.8) is 0 Å². The second-order valence-electron chi connectivity index (χ2n) is 2.90. The molecule has 0 aromatic rings. The van der Waals surface area contributed by atoms with Gasteiger partial charge < -0.3 is 0 Å². The van der Waals surface area contributed by atoms with Gasteiger partial charge in [0.2, 0.25) is 0 Å². The maximum absolute atomic E-state index is 8.74. The van der Waals surface area contributed by atoms with Gasteiger partial charge in [-0.3, -0.25) is 9.11 Å². The molecule has 0 aliphatic heterocycles. The molecule has 14 heavy (non-hydrogen) atoms. The fourth-order valence-electron chi connectivity index (χ4n) is 0.729. The predicted octanol–water partition coefficient (Wildman–Crippen LogP) is 2.47. The average molecular weight is 331 g/mol. The van der Waals surface area contributed by atoms with Crippen molar-refractivity contribution in [3.8, 4) is 0 Å². The molecule has 4 nitrogen and oxygen atoms in total. The summed E-state index contributed by atoms with van der Waals surface area (Å²) in [6, 6.07) is 0. The van der Waals surface area contributed by atoms with Crippen molar-refractivity contribution in [2.45, 2.75) is 48.4 Å². The average Bonchev–Trinajstić information content (AvgIpc) is 2.01. The van der Waals surface area contributed by atoms with Crippen LogP contribution in [0.15, 0.2) is 0 Å². The molecule has 0 fully saturated rings. The third kappa shape index (κ3) is 38.8. The molecular formula is C8H20O4SSn. The first kappa shape index (κ1) is 17.1. The Morgan fingerprint density at radius 1 is 1.00 bits per heavy atom.